The largest absolute Gasteiger partial charge is 0.409 e. The highest BCUT2D eigenvalue weighted by molar-refractivity contribution is 6.02. The Hall–Kier alpha value is -1.78. The van der Waals surface area contributed by atoms with Crippen molar-refractivity contribution in [2.45, 2.75) is 33.6 Å². The number of hydrogen-bond donors (Lipinski definition) is 2. The number of pyridine rings is 1. The van der Waals surface area contributed by atoms with Crippen LogP contribution in [0.25, 0.3) is 0 Å². The molecular weight excluding hydrogens is 240 g/mol. The van der Waals surface area contributed by atoms with E-state index in [1.54, 1.807) is 6.20 Å². The van der Waals surface area contributed by atoms with Gasteiger partial charge in [0.2, 0.25) is 0 Å². The van der Waals surface area contributed by atoms with Gasteiger partial charge in [0.05, 0.1) is 5.56 Å². The van der Waals surface area contributed by atoms with Crippen LogP contribution in [0.2, 0.25) is 0 Å². The quantitative estimate of drug-likeness (QED) is 0.370. The van der Waals surface area contributed by atoms with Crippen molar-refractivity contribution in [2.24, 2.45) is 16.3 Å². The van der Waals surface area contributed by atoms with Crippen LogP contribution in [0.1, 0.15) is 37.8 Å². The lowest BCUT2D eigenvalue weighted by Crippen LogP contribution is -2.39. The number of anilines is 1. The van der Waals surface area contributed by atoms with Crippen molar-refractivity contribution >= 4 is 11.7 Å². The first kappa shape index (κ1) is 13.6. The first-order chi connectivity index (χ1) is 8.94. The molecule has 0 amide bonds. The zero-order valence-electron chi connectivity index (χ0n) is 11.8. The summed E-state index contributed by atoms with van der Waals surface area (Å²) in [5.74, 6) is 0.955. The maximum atomic E-state index is 8.94. The lowest BCUT2D eigenvalue weighted by atomic mass is 9.82. The van der Waals surface area contributed by atoms with Crippen LogP contribution < -0.4 is 10.6 Å². The van der Waals surface area contributed by atoms with E-state index in [-0.39, 0.29) is 5.84 Å². The minimum absolute atomic E-state index is 0.130. The number of nitrogens with zero attached hydrogens (tertiary/aromatic N) is 3. The van der Waals surface area contributed by atoms with Gasteiger partial charge in [0.1, 0.15) is 5.82 Å². The Bertz CT molecular complexity index is 486. The van der Waals surface area contributed by atoms with Crippen molar-refractivity contribution in [3.05, 3.63) is 23.4 Å². The Kier molecular flexibility index (Phi) is 3.64. The van der Waals surface area contributed by atoms with Crippen LogP contribution in [-0.2, 0) is 0 Å². The summed E-state index contributed by atoms with van der Waals surface area (Å²) < 4.78 is 0. The summed E-state index contributed by atoms with van der Waals surface area (Å²) in [6, 6.07) is 1.88. The third-order valence-corrected chi connectivity index (χ3v) is 3.92. The molecule has 0 radical (unpaired) electrons. The fourth-order valence-electron chi connectivity index (χ4n) is 2.47. The summed E-state index contributed by atoms with van der Waals surface area (Å²) >= 11 is 0. The van der Waals surface area contributed by atoms with Gasteiger partial charge in [-0.25, -0.2) is 4.98 Å². The maximum Gasteiger partial charge on any atom is 0.174 e. The molecule has 0 aliphatic carbocycles. The summed E-state index contributed by atoms with van der Waals surface area (Å²) in [6.07, 6.45) is 4.02. The maximum absolute atomic E-state index is 8.94. The van der Waals surface area contributed by atoms with Crippen LogP contribution in [0.15, 0.2) is 17.4 Å². The number of hydrogen-bond acceptors (Lipinski definition) is 4. The average Bonchev–Trinajstić information content (AvgIpc) is 2.37. The second kappa shape index (κ2) is 5.07. The number of aryl methyl sites for hydroxylation is 1. The smallest absolute Gasteiger partial charge is 0.174 e. The van der Waals surface area contributed by atoms with Gasteiger partial charge in [-0.05, 0) is 36.8 Å². The molecule has 5 heteroatoms. The molecule has 1 aromatic heterocycles. The molecule has 0 bridgehead atoms. The molecule has 1 aromatic rings. The van der Waals surface area contributed by atoms with Crippen molar-refractivity contribution in [3.8, 4) is 0 Å². The molecule has 0 atom stereocenters. The first-order valence-corrected chi connectivity index (χ1v) is 6.63. The zero-order valence-corrected chi connectivity index (χ0v) is 11.8. The van der Waals surface area contributed by atoms with Crippen LogP contribution in [0.3, 0.4) is 0 Å². The van der Waals surface area contributed by atoms with Crippen molar-refractivity contribution < 1.29 is 5.21 Å². The van der Waals surface area contributed by atoms with E-state index in [1.165, 1.54) is 0 Å². The molecule has 3 N–H and O–H groups in total. The van der Waals surface area contributed by atoms with Crippen LogP contribution >= 0.6 is 0 Å². The Morgan fingerprint density at radius 2 is 2.05 bits per heavy atom. The second-order valence-electron chi connectivity index (χ2n) is 5.96. The number of piperidine rings is 1. The van der Waals surface area contributed by atoms with Crippen LogP contribution in [0.4, 0.5) is 5.82 Å². The predicted octanol–water partition coefficient (Wildman–Crippen LogP) is 2.11. The van der Waals surface area contributed by atoms with E-state index in [9.17, 15) is 0 Å². The summed E-state index contributed by atoms with van der Waals surface area (Å²) in [6.45, 7) is 8.44. The van der Waals surface area contributed by atoms with Gasteiger partial charge in [0.25, 0.3) is 0 Å². The van der Waals surface area contributed by atoms with E-state index >= 15 is 0 Å². The molecule has 2 rings (SSSR count). The molecule has 0 unspecified atom stereocenters. The zero-order chi connectivity index (χ0) is 14.0. The second-order valence-corrected chi connectivity index (χ2v) is 5.96. The van der Waals surface area contributed by atoms with Gasteiger partial charge >= 0.3 is 0 Å². The SMILES string of the molecule is Cc1ccnc(N2CCC(C)(C)CC2)c1/C(N)=N/O. The third kappa shape index (κ3) is 2.80. The summed E-state index contributed by atoms with van der Waals surface area (Å²) in [4.78, 5) is 6.66. The van der Waals surface area contributed by atoms with Gasteiger partial charge in [0.15, 0.2) is 5.84 Å². The molecule has 1 fully saturated rings. The molecular formula is C14H22N4O. The molecule has 1 saturated heterocycles. The standard InChI is InChI=1S/C14H22N4O/c1-10-4-7-16-13(11(10)12(15)17-19)18-8-5-14(2,3)6-9-18/h4,7,19H,5-6,8-9H2,1-3H3,(H2,15,17). The topological polar surface area (TPSA) is 74.7 Å². The van der Waals surface area contributed by atoms with Gasteiger partial charge < -0.3 is 15.8 Å². The minimum Gasteiger partial charge on any atom is -0.409 e. The summed E-state index contributed by atoms with van der Waals surface area (Å²) in [5, 5.41) is 12.1. The molecule has 104 valence electrons. The highest BCUT2D eigenvalue weighted by Crippen LogP contribution is 2.33. The van der Waals surface area contributed by atoms with Crippen molar-refractivity contribution in [3.63, 3.8) is 0 Å². The lowest BCUT2D eigenvalue weighted by Gasteiger charge is -2.38. The van der Waals surface area contributed by atoms with E-state index in [1.807, 2.05) is 13.0 Å². The molecule has 2 heterocycles. The summed E-state index contributed by atoms with van der Waals surface area (Å²) in [5.41, 5.74) is 7.89. The van der Waals surface area contributed by atoms with E-state index in [0.29, 0.717) is 5.41 Å². The van der Waals surface area contributed by atoms with Crippen molar-refractivity contribution in [1.29, 1.82) is 0 Å². The van der Waals surface area contributed by atoms with Gasteiger partial charge in [-0.1, -0.05) is 19.0 Å². The third-order valence-electron chi connectivity index (χ3n) is 3.92. The lowest BCUT2D eigenvalue weighted by molar-refractivity contribution is 0.279. The van der Waals surface area contributed by atoms with Gasteiger partial charge in [0, 0.05) is 19.3 Å². The Morgan fingerprint density at radius 3 is 2.63 bits per heavy atom. The Morgan fingerprint density at radius 1 is 1.42 bits per heavy atom. The first-order valence-electron chi connectivity index (χ1n) is 6.63. The van der Waals surface area contributed by atoms with Gasteiger partial charge in [-0.3, -0.25) is 0 Å². The molecule has 5 nitrogen and oxygen atoms in total. The summed E-state index contributed by atoms with van der Waals surface area (Å²) in [7, 11) is 0. The molecule has 19 heavy (non-hydrogen) atoms. The highest BCUT2D eigenvalue weighted by Gasteiger charge is 2.28. The van der Waals surface area contributed by atoms with E-state index in [0.717, 1.165) is 42.9 Å². The fraction of sp³-hybridized carbons (Fsp3) is 0.571. The molecule has 1 aliphatic rings. The number of aromatic nitrogens is 1. The monoisotopic (exact) mass is 262 g/mol. The molecule has 0 saturated carbocycles. The van der Waals surface area contributed by atoms with Gasteiger partial charge in [-0.2, -0.15) is 0 Å². The number of rotatable bonds is 2. The minimum atomic E-state index is 0.130. The normalized spacial score (nSPS) is 19.5. The van der Waals surface area contributed by atoms with E-state index < -0.39 is 0 Å². The van der Waals surface area contributed by atoms with Crippen molar-refractivity contribution in [2.75, 3.05) is 18.0 Å². The molecule has 0 aromatic carbocycles. The fourth-order valence-corrected chi connectivity index (χ4v) is 2.47. The Labute approximate surface area is 114 Å². The number of amidine groups is 1. The highest BCUT2D eigenvalue weighted by atomic mass is 16.4. The van der Waals surface area contributed by atoms with Crippen LogP contribution in [0.5, 0.6) is 0 Å². The van der Waals surface area contributed by atoms with E-state index in [2.05, 4.69) is 28.9 Å². The number of oxime groups is 1. The average molecular weight is 262 g/mol. The number of nitrogens with two attached hydrogens (primary N) is 1. The predicted molar refractivity (Wildman–Crippen MR) is 76.7 cm³/mol. The molecule has 0 spiro atoms. The van der Waals surface area contributed by atoms with Crippen LogP contribution in [0, 0.1) is 12.3 Å². The molecule has 1 aliphatic heterocycles. The van der Waals surface area contributed by atoms with E-state index in [4.69, 9.17) is 10.9 Å². The van der Waals surface area contributed by atoms with Crippen molar-refractivity contribution in [1.82, 2.24) is 4.98 Å². The van der Waals surface area contributed by atoms with Crippen LogP contribution in [-0.4, -0.2) is 29.1 Å². The Balaban J connectivity index is 2.33. The van der Waals surface area contributed by atoms with Gasteiger partial charge in [-0.15, -0.1) is 0 Å².